The third kappa shape index (κ3) is 4.03. The standard InChI is InChI=1S/C23H12ClF2IN4O/c24-16-7-5-14(11-19(16)27)32-23-3-1-2-20-15(23)6-9-21(28-20)22-12-31(30-29-22)13-4-8-17(25)18(26)10-13/h1-12H. The van der Waals surface area contributed by atoms with E-state index in [0.29, 0.717) is 39.1 Å². The maximum atomic E-state index is 13.5. The Kier molecular flexibility index (Phi) is 5.48. The number of hydrogen-bond donors (Lipinski definition) is 0. The molecule has 0 radical (unpaired) electrons. The van der Waals surface area contributed by atoms with E-state index in [9.17, 15) is 8.78 Å². The van der Waals surface area contributed by atoms with Gasteiger partial charge < -0.3 is 4.74 Å². The van der Waals surface area contributed by atoms with Crippen LogP contribution in [0.25, 0.3) is 28.0 Å². The summed E-state index contributed by atoms with van der Waals surface area (Å²) in [6.45, 7) is 0. The Balaban J connectivity index is 1.47. The Morgan fingerprint density at radius 3 is 2.59 bits per heavy atom. The van der Waals surface area contributed by atoms with Crippen LogP contribution in [0.4, 0.5) is 8.78 Å². The molecule has 3 aromatic carbocycles. The van der Waals surface area contributed by atoms with E-state index in [4.69, 9.17) is 16.3 Å². The van der Waals surface area contributed by atoms with E-state index in [-0.39, 0.29) is 0 Å². The largest absolute Gasteiger partial charge is 0.457 e. The topological polar surface area (TPSA) is 52.8 Å². The van der Waals surface area contributed by atoms with Crippen molar-refractivity contribution in [2.24, 2.45) is 0 Å². The van der Waals surface area contributed by atoms with Crippen molar-refractivity contribution in [3.05, 3.63) is 93.2 Å². The van der Waals surface area contributed by atoms with Crippen molar-refractivity contribution in [1.29, 1.82) is 0 Å². The summed E-state index contributed by atoms with van der Waals surface area (Å²) >= 11 is 8.24. The number of fused-ring (bicyclic) bond motifs is 1. The molecule has 0 aliphatic heterocycles. The summed E-state index contributed by atoms with van der Waals surface area (Å²) in [7, 11) is 0. The Hall–Kier alpha value is -3.11. The number of benzene rings is 3. The van der Waals surface area contributed by atoms with Crippen LogP contribution in [0.2, 0.25) is 5.02 Å². The molecule has 0 saturated carbocycles. The summed E-state index contributed by atoms with van der Waals surface area (Å²) in [4.78, 5) is 4.67. The SMILES string of the molecule is Fc1ccc(-n2cc(-c3ccc4c(Oc5ccc(Cl)c(I)c5)cccc4n3)nn2)cc1F. The fourth-order valence-corrected chi connectivity index (χ4v) is 3.76. The second kappa shape index (κ2) is 8.44. The lowest BCUT2D eigenvalue weighted by Gasteiger charge is -2.10. The molecule has 0 aliphatic rings. The molecule has 0 saturated heterocycles. The second-order valence-electron chi connectivity index (χ2n) is 6.84. The molecule has 9 heteroatoms. The van der Waals surface area contributed by atoms with E-state index < -0.39 is 11.6 Å². The maximum Gasteiger partial charge on any atom is 0.160 e. The minimum absolute atomic E-state index is 0.358. The smallest absolute Gasteiger partial charge is 0.160 e. The molecule has 0 amide bonds. The van der Waals surface area contributed by atoms with Crippen LogP contribution in [0.1, 0.15) is 0 Å². The van der Waals surface area contributed by atoms with E-state index >= 15 is 0 Å². The number of nitrogens with zero attached hydrogens (tertiary/aromatic N) is 4. The highest BCUT2D eigenvalue weighted by molar-refractivity contribution is 14.1. The molecule has 0 bridgehead atoms. The Morgan fingerprint density at radius 2 is 1.78 bits per heavy atom. The molecule has 0 aliphatic carbocycles. The van der Waals surface area contributed by atoms with Gasteiger partial charge in [0.2, 0.25) is 0 Å². The maximum absolute atomic E-state index is 13.5. The van der Waals surface area contributed by atoms with E-state index in [2.05, 4.69) is 37.9 Å². The molecule has 0 fully saturated rings. The monoisotopic (exact) mass is 560 g/mol. The van der Waals surface area contributed by atoms with Gasteiger partial charge in [0.1, 0.15) is 17.2 Å². The number of pyridine rings is 1. The van der Waals surface area contributed by atoms with Crippen molar-refractivity contribution in [3.63, 3.8) is 0 Å². The summed E-state index contributed by atoms with van der Waals surface area (Å²) in [6, 6.07) is 18.3. The highest BCUT2D eigenvalue weighted by Crippen LogP contribution is 2.32. The fourth-order valence-electron chi connectivity index (χ4n) is 3.16. The molecule has 2 heterocycles. The molecule has 32 heavy (non-hydrogen) atoms. The quantitative estimate of drug-likeness (QED) is 0.227. The number of halogens is 4. The van der Waals surface area contributed by atoms with Crippen LogP contribution in [-0.4, -0.2) is 20.0 Å². The Morgan fingerprint density at radius 1 is 0.906 bits per heavy atom. The lowest BCUT2D eigenvalue weighted by Crippen LogP contribution is -1.96. The van der Waals surface area contributed by atoms with Crippen LogP contribution < -0.4 is 4.74 Å². The lowest BCUT2D eigenvalue weighted by atomic mass is 10.1. The normalized spacial score (nSPS) is 11.1. The molecular weight excluding hydrogens is 549 g/mol. The van der Waals surface area contributed by atoms with Crippen molar-refractivity contribution in [1.82, 2.24) is 20.0 Å². The fraction of sp³-hybridized carbons (Fsp3) is 0. The zero-order valence-corrected chi connectivity index (χ0v) is 19.1. The van der Waals surface area contributed by atoms with Gasteiger partial charge in [-0.2, -0.15) is 0 Å². The van der Waals surface area contributed by atoms with Crippen LogP contribution in [0, 0.1) is 15.2 Å². The van der Waals surface area contributed by atoms with Gasteiger partial charge in [-0.25, -0.2) is 18.4 Å². The second-order valence-corrected chi connectivity index (χ2v) is 8.41. The van der Waals surface area contributed by atoms with Crippen LogP contribution in [0.15, 0.2) is 72.9 Å². The molecule has 0 N–H and O–H groups in total. The first-order chi connectivity index (χ1) is 15.5. The highest BCUT2D eigenvalue weighted by Gasteiger charge is 2.12. The van der Waals surface area contributed by atoms with Crippen molar-refractivity contribution in [3.8, 4) is 28.6 Å². The average molecular weight is 561 g/mol. The van der Waals surface area contributed by atoms with E-state index in [0.717, 1.165) is 21.1 Å². The van der Waals surface area contributed by atoms with Gasteiger partial charge in [-0.05, 0) is 77.2 Å². The summed E-state index contributed by atoms with van der Waals surface area (Å²) < 4.78 is 35.0. The molecule has 2 aromatic heterocycles. The lowest BCUT2D eigenvalue weighted by molar-refractivity contribution is 0.488. The van der Waals surface area contributed by atoms with E-state index in [1.54, 1.807) is 18.3 Å². The Bertz CT molecular complexity index is 1470. The van der Waals surface area contributed by atoms with Gasteiger partial charge in [0.15, 0.2) is 11.6 Å². The molecule has 158 valence electrons. The number of rotatable bonds is 4. The van der Waals surface area contributed by atoms with Crippen molar-refractivity contribution in [2.75, 3.05) is 0 Å². The highest BCUT2D eigenvalue weighted by atomic mass is 127. The third-order valence-corrected chi connectivity index (χ3v) is 6.28. The van der Waals surface area contributed by atoms with Gasteiger partial charge in [-0.1, -0.05) is 22.9 Å². The van der Waals surface area contributed by atoms with Gasteiger partial charge in [-0.15, -0.1) is 5.10 Å². The summed E-state index contributed by atoms with van der Waals surface area (Å²) in [6.07, 6.45) is 1.61. The predicted molar refractivity (Wildman–Crippen MR) is 126 cm³/mol. The minimum Gasteiger partial charge on any atom is -0.457 e. The zero-order chi connectivity index (χ0) is 22.2. The van der Waals surface area contributed by atoms with Gasteiger partial charge >= 0.3 is 0 Å². The molecule has 5 rings (SSSR count). The first kappa shape index (κ1) is 20.8. The average Bonchev–Trinajstić information content (AvgIpc) is 3.28. The van der Waals surface area contributed by atoms with Crippen molar-refractivity contribution in [2.45, 2.75) is 0 Å². The van der Waals surface area contributed by atoms with Crippen LogP contribution in [0.3, 0.4) is 0 Å². The van der Waals surface area contributed by atoms with Crippen LogP contribution in [0.5, 0.6) is 11.5 Å². The summed E-state index contributed by atoms with van der Waals surface area (Å²) in [5.74, 6) is -0.544. The van der Waals surface area contributed by atoms with Crippen molar-refractivity contribution < 1.29 is 13.5 Å². The van der Waals surface area contributed by atoms with E-state index in [1.807, 2.05) is 36.4 Å². The molecule has 5 nitrogen and oxygen atoms in total. The summed E-state index contributed by atoms with van der Waals surface area (Å²) in [5, 5.41) is 9.62. The molecule has 0 spiro atoms. The van der Waals surface area contributed by atoms with E-state index in [1.165, 1.54) is 10.7 Å². The van der Waals surface area contributed by atoms with Crippen molar-refractivity contribution >= 4 is 45.1 Å². The minimum atomic E-state index is -0.953. The molecule has 5 aromatic rings. The molecule has 0 unspecified atom stereocenters. The Labute approximate surface area is 199 Å². The predicted octanol–water partition coefficient (Wildman–Crippen LogP) is 6.81. The third-order valence-electron chi connectivity index (χ3n) is 4.73. The van der Waals surface area contributed by atoms with Gasteiger partial charge in [0, 0.05) is 15.0 Å². The zero-order valence-electron chi connectivity index (χ0n) is 16.1. The number of ether oxygens (including phenoxy) is 1. The first-order valence-electron chi connectivity index (χ1n) is 9.39. The van der Waals surface area contributed by atoms with Crippen LogP contribution in [-0.2, 0) is 0 Å². The number of hydrogen-bond acceptors (Lipinski definition) is 4. The van der Waals surface area contributed by atoms with Crippen LogP contribution >= 0.6 is 34.2 Å². The molecule has 0 atom stereocenters. The number of aromatic nitrogens is 4. The van der Waals surface area contributed by atoms with Gasteiger partial charge in [0.25, 0.3) is 0 Å². The van der Waals surface area contributed by atoms with Gasteiger partial charge in [0.05, 0.1) is 28.1 Å². The summed E-state index contributed by atoms with van der Waals surface area (Å²) in [5.41, 5.74) is 2.16. The van der Waals surface area contributed by atoms with Gasteiger partial charge in [-0.3, -0.25) is 0 Å². The first-order valence-corrected chi connectivity index (χ1v) is 10.8. The molecular formula is C23H12ClF2IN4O.